The van der Waals surface area contributed by atoms with Gasteiger partial charge in [-0.1, -0.05) is 17.7 Å². The summed E-state index contributed by atoms with van der Waals surface area (Å²) in [6.45, 7) is 0. The molecule has 114 valence electrons. The predicted molar refractivity (Wildman–Crippen MR) is 86.1 cm³/mol. The van der Waals surface area contributed by atoms with E-state index in [1.165, 1.54) is 6.21 Å². The number of hydrogen-bond acceptors (Lipinski definition) is 4. The lowest BCUT2D eigenvalue weighted by atomic mass is 10.2. The number of hydrazone groups is 1. The fourth-order valence-electron chi connectivity index (χ4n) is 1.84. The maximum Gasteiger partial charge on any atom is 0.271 e. The van der Waals surface area contributed by atoms with Gasteiger partial charge in [0.1, 0.15) is 0 Å². The molecule has 0 unspecified atom stereocenters. The van der Waals surface area contributed by atoms with Gasteiger partial charge in [-0.3, -0.25) is 4.79 Å². The van der Waals surface area contributed by atoms with Crippen LogP contribution in [0.15, 0.2) is 47.6 Å². The summed E-state index contributed by atoms with van der Waals surface area (Å²) in [6.07, 6.45) is 1.50. The fraction of sp³-hybridized carbons (Fsp3) is 0.125. The molecule has 0 bridgehead atoms. The standard InChI is InChI=1S/C16H15ClN2O3/c1-21-14-5-3-4-12(15(14)22-2)10-18-19-16(20)11-6-8-13(17)9-7-11/h3-10H,1-2H3,(H,19,20). The zero-order valence-electron chi connectivity index (χ0n) is 12.2. The lowest BCUT2D eigenvalue weighted by Crippen LogP contribution is -2.17. The SMILES string of the molecule is COc1cccc(C=NNC(=O)c2ccc(Cl)cc2)c1OC. The molecular weight excluding hydrogens is 304 g/mol. The van der Waals surface area contributed by atoms with Crippen LogP contribution in [0, 0.1) is 0 Å². The molecule has 0 aromatic heterocycles. The monoisotopic (exact) mass is 318 g/mol. The lowest BCUT2D eigenvalue weighted by molar-refractivity contribution is 0.0955. The van der Waals surface area contributed by atoms with Gasteiger partial charge in [0.15, 0.2) is 11.5 Å². The second kappa shape index (κ2) is 7.47. The number of benzene rings is 2. The average Bonchev–Trinajstić information content (AvgIpc) is 2.55. The van der Waals surface area contributed by atoms with Crippen LogP contribution in [-0.4, -0.2) is 26.3 Å². The van der Waals surface area contributed by atoms with Gasteiger partial charge in [0.25, 0.3) is 5.91 Å². The zero-order chi connectivity index (χ0) is 15.9. The van der Waals surface area contributed by atoms with Crippen LogP contribution >= 0.6 is 11.6 Å². The molecule has 1 amide bonds. The van der Waals surface area contributed by atoms with E-state index in [0.717, 1.165) is 0 Å². The smallest absolute Gasteiger partial charge is 0.271 e. The molecule has 2 rings (SSSR count). The zero-order valence-corrected chi connectivity index (χ0v) is 12.9. The fourth-order valence-corrected chi connectivity index (χ4v) is 1.97. The molecule has 22 heavy (non-hydrogen) atoms. The Bertz CT molecular complexity index is 684. The van der Waals surface area contributed by atoms with Crippen LogP contribution in [-0.2, 0) is 0 Å². The summed E-state index contributed by atoms with van der Waals surface area (Å²) >= 11 is 5.78. The highest BCUT2D eigenvalue weighted by atomic mass is 35.5. The van der Waals surface area contributed by atoms with E-state index < -0.39 is 0 Å². The van der Waals surface area contributed by atoms with Crippen LogP contribution in [0.1, 0.15) is 15.9 Å². The van der Waals surface area contributed by atoms with Crippen molar-refractivity contribution in [2.45, 2.75) is 0 Å². The van der Waals surface area contributed by atoms with Gasteiger partial charge in [0, 0.05) is 16.1 Å². The van der Waals surface area contributed by atoms with E-state index >= 15 is 0 Å². The van der Waals surface area contributed by atoms with Crippen LogP contribution in [0.3, 0.4) is 0 Å². The Hall–Kier alpha value is -2.53. The van der Waals surface area contributed by atoms with Gasteiger partial charge in [0.2, 0.25) is 0 Å². The molecule has 2 aromatic rings. The second-order valence-electron chi connectivity index (χ2n) is 4.29. The van der Waals surface area contributed by atoms with E-state index in [0.29, 0.717) is 27.6 Å². The number of nitrogens with one attached hydrogen (secondary N) is 1. The summed E-state index contributed by atoms with van der Waals surface area (Å²) in [4.78, 5) is 11.9. The highest BCUT2D eigenvalue weighted by molar-refractivity contribution is 6.30. The Morgan fingerprint density at radius 2 is 1.86 bits per heavy atom. The Labute approximate surface area is 133 Å². The number of carbonyl (C=O) groups excluding carboxylic acids is 1. The second-order valence-corrected chi connectivity index (χ2v) is 4.73. The molecule has 0 aliphatic rings. The Morgan fingerprint density at radius 3 is 2.50 bits per heavy atom. The third kappa shape index (κ3) is 3.77. The Kier molecular flexibility index (Phi) is 5.38. The third-order valence-corrected chi connectivity index (χ3v) is 3.16. The minimum Gasteiger partial charge on any atom is -0.493 e. The summed E-state index contributed by atoms with van der Waals surface area (Å²) in [7, 11) is 3.10. The van der Waals surface area contributed by atoms with E-state index in [9.17, 15) is 4.79 Å². The van der Waals surface area contributed by atoms with E-state index in [-0.39, 0.29) is 5.91 Å². The number of nitrogens with zero attached hydrogens (tertiary/aromatic N) is 1. The van der Waals surface area contributed by atoms with Gasteiger partial charge in [0.05, 0.1) is 20.4 Å². The normalized spacial score (nSPS) is 10.5. The van der Waals surface area contributed by atoms with Crippen molar-refractivity contribution in [3.63, 3.8) is 0 Å². The van der Waals surface area contributed by atoms with Crippen molar-refractivity contribution >= 4 is 23.7 Å². The largest absolute Gasteiger partial charge is 0.493 e. The molecule has 5 nitrogen and oxygen atoms in total. The molecule has 0 saturated heterocycles. The molecular formula is C16H15ClN2O3. The molecule has 0 spiro atoms. The maximum absolute atomic E-state index is 11.9. The van der Waals surface area contributed by atoms with E-state index in [4.69, 9.17) is 21.1 Å². The predicted octanol–water partition coefficient (Wildman–Crippen LogP) is 3.12. The van der Waals surface area contributed by atoms with Gasteiger partial charge in [-0.05, 0) is 36.4 Å². The number of hydrogen-bond donors (Lipinski definition) is 1. The summed E-state index contributed by atoms with van der Waals surface area (Å²) in [6, 6.07) is 11.9. The van der Waals surface area contributed by atoms with Crippen molar-refractivity contribution in [3.8, 4) is 11.5 Å². The van der Waals surface area contributed by atoms with Crippen LogP contribution in [0.4, 0.5) is 0 Å². The van der Waals surface area contributed by atoms with E-state index in [1.807, 2.05) is 6.07 Å². The third-order valence-electron chi connectivity index (χ3n) is 2.91. The van der Waals surface area contributed by atoms with Crippen LogP contribution in [0.25, 0.3) is 0 Å². The molecule has 6 heteroatoms. The summed E-state index contributed by atoms with van der Waals surface area (Å²) in [5.74, 6) is 0.819. The van der Waals surface area contributed by atoms with Crippen LogP contribution in [0.2, 0.25) is 5.02 Å². The van der Waals surface area contributed by atoms with Crippen molar-refractivity contribution in [1.29, 1.82) is 0 Å². The number of carbonyl (C=O) groups is 1. The number of para-hydroxylation sites is 1. The van der Waals surface area contributed by atoms with Crippen LogP contribution in [0.5, 0.6) is 11.5 Å². The molecule has 0 heterocycles. The molecule has 0 aliphatic heterocycles. The molecule has 0 aliphatic carbocycles. The maximum atomic E-state index is 11.9. The number of rotatable bonds is 5. The van der Waals surface area contributed by atoms with Gasteiger partial charge in [-0.15, -0.1) is 0 Å². The summed E-state index contributed by atoms with van der Waals surface area (Å²) in [5.41, 5.74) is 3.61. The van der Waals surface area contributed by atoms with Crippen molar-refractivity contribution in [2.24, 2.45) is 5.10 Å². The highest BCUT2D eigenvalue weighted by Gasteiger charge is 2.08. The minimum absolute atomic E-state index is 0.324. The van der Waals surface area contributed by atoms with Gasteiger partial charge < -0.3 is 9.47 Å². The van der Waals surface area contributed by atoms with E-state index in [1.54, 1.807) is 50.6 Å². The first-order valence-electron chi connectivity index (χ1n) is 6.45. The highest BCUT2D eigenvalue weighted by Crippen LogP contribution is 2.29. The summed E-state index contributed by atoms with van der Waals surface area (Å²) in [5, 5.41) is 4.50. The minimum atomic E-state index is -0.324. The number of methoxy groups -OCH3 is 2. The van der Waals surface area contributed by atoms with Gasteiger partial charge >= 0.3 is 0 Å². The molecule has 2 aromatic carbocycles. The molecule has 0 radical (unpaired) electrons. The molecule has 0 fully saturated rings. The molecule has 0 atom stereocenters. The van der Waals surface area contributed by atoms with Crippen molar-refractivity contribution in [2.75, 3.05) is 14.2 Å². The van der Waals surface area contributed by atoms with Crippen LogP contribution < -0.4 is 14.9 Å². The number of ether oxygens (including phenoxy) is 2. The molecule has 0 saturated carbocycles. The van der Waals surface area contributed by atoms with E-state index in [2.05, 4.69) is 10.5 Å². The Balaban J connectivity index is 2.09. The first-order valence-corrected chi connectivity index (χ1v) is 6.83. The van der Waals surface area contributed by atoms with Crippen molar-refractivity contribution in [3.05, 3.63) is 58.6 Å². The van der Waals surface area contributed by atoms with Crippen molar-refractivity contribution in [1.82, 2.24) is 5.43 Å². The quantitative estimate of drug-likeness (QED) is 0.680. The van der Waals surface area contributed by atoms with Crippen molar-refractivity contribution < 1.29 is 14.3 Å². The number of halogens is 1. The van der Waals surface area contributed by atoms with Gasteiger partial charge in [-0.2, -0.15) is 5.10 Å². The number of amides is 1. The summed E-state index contributed by atoms with van der Waals surface area (Å²) < 4.78 is 10.5. The van der Waals surface area contributed by atoms with Gasteiger partial charge in [-0.25, -0.2) is 5.43 Å². The average molecular weight is 319 g/mol. The Morgan fingerprint density at radius 1 is 1.14 bits per heavy atom. The molecule has 1 N–H and O–H groups in total. The first kappa shape index (κ1) is 15.9. The lowest BCUT2D eigenvalue weighted by Gasteiger charge is -2.09. The topological polar surface area (TPSA) is 59.9 Å². The first-order chi connectivity index (χ1) is 10.7.